The van der Waals surface area contributed by atoms with Crippen molar-refractivity contribution in [1.82, 2.24) is 4.90 Å². The van der Waals surface area contributed by atoms with E-state index < -0.39 is 0 Å². The van der Waals surface area contributed by atoms with Crippen LogP contribution in [0.1, 0.15) is 49.7 Å². The van der Waals surface area contributed by atoms with Crippen LogP contribution in [0.3, 0.4) is 0 Å². The molecule has 1 aliphatic rings. The fraction of sp³-hybridized carbons (Fsp3) is 0.455. The van der Waals surface area contributed by atoms with Crippen LogP contribution in [0.25, 0.3) is 0 Å². The summed E-state index contributed by atoms with van der Waals surface area (Å²) in [6.45, 7) is 5.82. The molecule has 0 radical (unpaired) electrons. The summed E-state index contributed by atoms with van der Waals surface area (Å²) in [5.41, 5.74) is 2.19. The van der Waals surface area contributed by atoms with Crippen LogP contribution in [0.4, 0.5) is 8.78 Å². The molecule has 0 N–H and O–H groups in total. The van der Waals surface area contributed by atoms with Gasteiger partial charge >= 0.3 is 0 Å². The molecule has 1 nitrogen and oxygen atoms in total. The van der Waals surface area contributed by atoms with E-state index in [0.717, 1.165) is 36.4 Å². The van der Waals surface area contributed by atoms with E-state index in [2.05, 4.69) is 11.8 Å². The Bertz CT molecular complexity index is 597. The second-order valence-corrected chi connectivity index (χ2v) is 7.32. The van der Waals surface area contributed by atoms with Gasteiger partial charge in [-0.25, -0.2) is 8.78 Å². The highest BCUT2D eigenvalue weighted by Gasteiger charge is 2.18. The normalized spacial score (nSPS) is 16.5. The lowest BCUT2D eigenvalue weighted by molar-refractivity contribution is 0.189. The first-order valence-corrected chi connectivity index (χ1v) is 9.35. The smallest absolute Gasteiger partial charge is 0.123 e. The molecule has 1 aliphatic heterocycles. The molecule has 0 saturated carbocycles. The predicted octanol–water partition coefficient (Wildman–Crippen LogP) is 5.61. The summed E-state index contributed by atoms with van der Waals surface area (Å²) in [7, 11) is 0. The number of likely N-dealkylation sites (tertiary alicyclic amines) is 1. The highest BCUT2D eigenvalue weighted by molar-refractivity contribution is 5.32. The summed E-state index contributed by atoms with van der Waals surface area (Å²) in [5.74, 6) is 0.598. The molecule has 0 atom stereocenters. The third-order valence-corrected chi connectivity index (χ3v) is 5.39. The Balaban J connectivity index is 1.66. The Labute approximate surface area is 149 Å². The molecule has 1 heterocycles. The number of nitrogens with zero attached hydrogens (tertiary/aromatic N) is 1. The summed E-state index contributed by atoms with van der Waals surface area (Å²) >= 11 is 0. The molecule has 0 aromatic heterocycles. The Kier molecular flexibility index (Phi) is 6.19. The molecule has 0 amide bonds. The molecule has 0 aliphatic carbocycles. The van der Waals surface area contributed by atoms with E-state index in [0.29, 0.717) is 0 Å². The van der Waals surface area contributed by atoms with E-state index in [-0.39, 0.29) is 17.6 Å². The summed E-state index contributed by atoms with van der Waals surface area (Å²) in [5, 5.41) is 0. The predicted molar refractivity (Wildman–Crippen MR) is 98.7 cm³/mol. The van der Waals surface area contributed by atoms with E-state index in [1.54, 1.807) is 0 Å². The quantitative estimate of drug-likeness (QED) is 0.659. The van der Waals surface area contributed by atoms with Crippen molar-refractivity contribution in [1.29, 1.82) is 0 Å². The molecular weight excluding hydrogens is 316 g/mol. The van der Waals surface area contributed by atoms with E-state index in [1.165, 1.54) is 50.2 Å². The first-order valence-electron chi connectivity index (χ1n) is 9.35. The highest BCUT2D eigenvalue weighted by Crippen LogP contribution is 2.30. The second-order valence-electron chi connectivity index (χ2n) is 7.32. The maximum absolute atomic E-state index is 13.3. The lowest BCUT2D eigenvalue weighted by atomic mass is 9.87. The topological polar surface area (TPSA) is 3.24 Å². The molecular formula is C22H27F2N. The molecule has 134 valence electrons. The molecule has 3 heteroatoms. The zero-order valence-corrected chi connectivity index (χ0v) is 14.9. The van der Waals surface area contributed by atoms with Crippen molar-refractivity contribution in [3.05, 3.63) is 71.3 Å². The summed E-state index contributed by atoms with van der Waals surface area (Å²) in [4.78, 5) is 2.55. The molecule has 25 heavy (non-hydrogen) atoms. The van der Waals surface area contributed by atoms with Gasteiger partial charge in [-0.2, -0.15) is 0 Å². The number of hydrogen-bond acceptors (Lipinski definition) is 1. The fourth-order valence-electron chi connectivity index (χ4n) is 3.72. The average Bonchev–Trinajstić information content (AvgIpc) is 2.62. The minimum absolute atomic E-state index is 0.185. The van der Waals surface area contributed by atoms with Gasteiger partial charge in [0.15, 0.2) is 0 Å². The van der Waals surface area contributed by atoms with Gasteiger partial charge in [-0.1, -0.05) is 31.2 Å². The zero-order valence-electron chi connectivity index (χ0n) is 14.9. The van der Waals surface area contributed by atoms with Crippen LogP contribution in [-0.4, -0.2) is 24.5 Å². The molecule has 2 aromatic carbocycles. The van der Waals surface area contributed by atoms with Crippen molar-refractivity contribution in [3.8, 4) is 0 Å². The molecule has 2 aromatic rings. The van der Waals surface area contributed by atoms with Gasteiger partial charge in [-0.3, -0.25) is 0 Å². The van der Waals surface area contributed by atoms with Crippen molar-refractivity contribution < 1.29 is 8.78 Å². The fourth-order valence-corrected chi connectivity index (χ4v) is 3.72. The van der Waals surface area contributed by atoms with Crippen molar-refractivity contribution >= 4 is 0 Å². The maximum Gasteiger partial charge on any atom is 0.123 e. The van der Waals surface area contributed by atoms with Crippen LogP contribution >= 0.6 is 0 Å². The lowest BCUT2D eigenvalue weighted by Gasteiger charge is -2.30. The largest absolute Gasteiger partial charge is 0.303 e. The average molecular weight is 343 g/mol. The van der Waals surface area contributed by atoms with Gasteiger partial charge in [0.05, 0.1) is 0 Å². The molecule has 0 spiro atoms. The van der Waals surface area contributed by atoms with Crippen LogP contribution in [0, 0.1) is 17.6 Å². The monoisotopic (exact) mass is 343 g/mol. The van der Waals surface area contributed by atoms with E-state index in [9.17, 15) is 8.78 Å². The number of piperidine rings is 1. The van der Waals surface area contributed by atoms with Crippen LogP contribution in [-0.2, 0) is 0 Å². The third kappa shape index (κ3) is 5.12. The Morgan fingerprint density at radius 1 is 0.880 bits per heavy atom. The van der Waals surface area contributed by atoms with Crippen molar-refractivity contribution in [2.45, 2.75) is 38.5 Å². The molecule has 0 bridgehead atoms. The first-order chi connectivity index (χ1) is 12.1. The van der Waals surface area contributed by atoms with Crippen LogP contribution < -0.4 is 0 Å². The first kappa shape index (κ1) is 18.1. The van der Waals surface area contributed by atoms with Crippen molar-refractivity contribution in [2.24, 2.45) is 5.92 Å². The van der Waals surface area contributed by atoms with Gasteiger partial charge in [0.2, 0.25) is 0 Å². The minimum atomic E-state index is -0.218. The number of halogens is 2. The lowest BCUT2D eigenvalue weighted by Crippen LogP contribution is -2.33. The van der Waals surface area contributed by atoms with Gasteiger partial charge in [0, 0.05) is 5.92 Å². The molecule has 1 fully saturated rings. The van der Waals surface area contributed by atoms with Crippen LogP contribution in [0.5, 0.6) is 0 Å². The van der Waals surface area contributed by atoms with E-state index >= 15 is 0 Å². The van der Waals surface area contributed by atoms with Crippen LogP contribution in [0.2, 0.25) is 0 Å². The van der Waals surface area contributed by atoms with Crippen molar-refractivity contribution in [2.75, 3.05) is 19.6 Å². The van der Waals surface area contributed by atoms with Gasteiger partial charge in [-0.05, 0) is 86.6 Å². The molecule has 0 unspecified atom stereocenters. The van der Waals surface area contributed by atoms with E-state index in [1.807, 2.05) is 24.3 Å². The van der Waals surface area contributed by atoms with Crippen molar-refractivity contribution in [3.63, 3.8) is 0 Å². The standard InChI is InChI=1S/C22H27F2N/c1-17-12-15-25(16-13-17)14-2-3-22(18-4-8-20(23)9-5-18)19-6-10-21(24)11-7-19/h4-11,17,22H,2-3,12-16H2,1H3. The summed E-state index contributed by atoms with van der Waals surface area (Å²) in [6, 6.07) is 13.5. The van der Waals surface area contributed by atoms with Gasteiger partial charge in [0.1, 0.15) is 11.6 Å². The number of benzene rings is 2. The highest BCUT2D eigenvalue weighted by atomic mass is 19.1. The second kappa shape index (κ2) is 8.57. The maximum atomic E-state index is 13.3. The SMILES string of the molecule is CC1CCN(CCCC(c2ccc(F)cc2)c2ccc(F)cc2)CC1. The van der Waals surface area contributed by atoms with E-state index in [4.69, 9.17) is 0 Å². The number of hydrogen-bond donors (Lipinski definition) is 0. The van der Waals surface area contributed by atoms with Gasteiger partial charge in [-0.15, -0.1) is 0 Å². The Morgan fingerprint density at radius 2 is 1.36 bits per heavy atom. The minimum Gasteiger partial charge on any atom is -0.303 e. The number of rotatable bonds is 6. The van der Waals surface area contributed by atoms with Gasteiger partial charge in [0.25, 0.3) is 0 Å². The molecule has 3 rings (SSSR count). The summed E-state index contributed by atoms with van der Waals surface area (Å²) < 4.78 is 26.6. The van der Waals surface area contributed by atoms with Gasteiger partial charge < -0.3 is 4.90 Å². The zero-order chi connectivity index (χ0) is 17.6. The molecule has 1 saturated heterocycles. The Morgan fingerprint density at radius 3 is 1.84 bits per heavy atom. The Hall–Kier alpha value is -1.74. The third-order valence-electron chi connectivity index (χ3n) is 5.39. The van der Waals surface area contributed by atoms with Crippen LogP contribution in [0.15, 0.2) is 48.5 Å². The summed E-state index contributed by atoms with van der Waals surface area (Å²) in [6.07, 6.45) is 4.66.